The number of hydrogen-bond acceptors (Lipinski definition) is 6. The number of nitrogens with zero attached hydrogens (tertiary/aromatic N) is 5. The molecule has 3 aromatic heterocycles. The summed E-state index contributed by atoms with van der Waals surface area (Å²) in [5.41, 5.74) is 2.11. The lowest BCUT2D eigenvalue weighted by Crippen LogP contribution is -2.14. The Morgan fingerprint density at radius 3 is 2.75 bits per heavy atom. The van der Waals surface area contributed by atoms with Crippen molar-refractivity contribution in [3.63, 3.8) is 0 Å². The van der Waals surface area contributed by atoms with Crippen LogP contribution in [0.15, 0.2) is 65.4 Å². The molecule has 1 N–H and O–H groups in total. The van der Waals surface area contributed by atoms with E-state index in [1.165, 1.54) is 23.1 Å². The van der Waals surface area contributed by atoms with Crippen LogP contribution >= 0.6 is 23.1 Å². The molecule has 0 aliphatic heterocycles. The van der Waals surface area contributed by atoms with Gasteiger partial charge in [0.15, 0.2) is 10.3 Å². The van der Waals surface area contributed by atoms with E-state index in [4.69, 9.17) is 0 Å². The second kappa shape index (κ2) is 8.41. The van der Waals surface area contributed by atoms with E-state index < -0.39 is 0 Å². The van der Waals surface area contributed by atoms with E-state index in [2.05, 4.69) is 31.1 Å². The molecular formula is C19H18N6OS2. The third-order valence-corrected chi connectivity index (χ3v) is 5.73. The lowest BCUT2D eigenvalue weighted by atomic mass is 10.2. The van der Waals surface area contributed by atoms with E-state index in [0.29, 0.717) is 16.7 Å². The fraction of sp³-hybridized carbons (Fsp3) is 0.158. The summed E-state index contributed by atoms with van der Waals surface area (Å²) in [5, 5.41) is 14.6. The lowest BCUT2D eigenvalue weighted by molar-refractivity contribution is -0.113. The highest BCUT2D eigenvalue weighted by molar-refractivity contribution is 7.99. The minimum Gasteiger partial charge on any atom is -0.354 e. The molecule has 1 amide bonds. The molecule has 7 nitrogen and oxygen atoms in total. The molecule has 0 fully saturated rings. The number of benzene rings is 1. The van der Waals surface area contributed by atoms with E-state index in [1.807, 2.05) is 59.6 Å². The first-order chi connectivity index (χ1) is 13.7. The molecule has 4 aromatic rings. The molecule has 0 bridgehead atoms. The van der Waals surface area contributed by atoms with Gasteiger partial charge in [0.2, 0.25) is 5.91 Å². The first kappa shape index (κ1) is 18.5. The molecule has 142 valence electrons. The van der Waals surface area contributed by atoms with Crippen LogP contribution < -0.4 is 5.32 Å². The Balaban J connectivity index is 1.56. The van der Waals surface area contributed by atoms with Crippen LogP contribution in [0.5, 0.6) is 0 Å². The molecule has 0 saturated heterocycles. The molecule has 0 saturated carbocycles. The number of para-hydroxylation sites is 1. The zero-order valence-electron chi connectivity index (χ0n) is 15.1. The zero-order chi connectivity index (χ0) is 19.3. The number of carbonyl (C=O) groups is 1. The molecule has 0 aliphatic carbocycles. The van der Waals surface area contributed by atoms with E-state index in [-0.39, 0.29) is 11.7 Å². The lowest BCUT2D eigenvalue weighted by Gasteiger charge is -2.10. The Morgan fingerprint density at radius 2 is 2.04 bits per heavy atom. The molecule has 0 spiro atoms. The Morgan fingerprint density at radius 1 is 1.18 bits per heavy atom. The second-order valence-electron chi connectivity index (χ2n) is 6.03. The molecule has 0 unspecified atom stereocenters. The van der Waals surface area contributed by atoms with Gasteiger partial charge in [0.05, 0.1) is 5.75 Å². The first-order valence-electron chi connectivity index (χ1n) is 8.63. The van der Waals surface area contributed by atoms with Gasteiger partial charge in [-0.2, -0.15) is 0 Å². The molecule has 9 heteroatoms. The highest BCUT2D eigenvalue weighted by atomic mass is 32.2. The monoisotopic (exact) mass is 410 g/mol. The van der Waals surface area contributed by atoms with Crippen LogP contribution in [0.1, 0.15) is 11.5 Å². The van der Waals surface area contributed by atoms with Gasteiger partial charge in [0.25, 0.3) is 0 Å². The quantitative estimate of drug-likeness (QED) is 0.473. The maximum atomic E-state index is 12.2. The number of aromatic nitrogens is 5. The van der Waals surface area contributed by atoms with Crippen molar-refractivity contribution in [2.75, 3.05) is 11.1 Å². The van der Waals surface area contributed by atoms with E-state index in [9.17, 15) is 4.79 Å². The SMILES string of the molecule is Cn1cccc1Cc1nnc(SCC(=O)Nc2nccs2)n1-c1ccccc1. The van der Waals surface area contributed by atoms with Crippen molar-refractivity contribution in [3.05, 3.63) is 71.8 Å². The third kappa shape index (κ3) is 4.15. The van der Waals surface area contributed by atoms with E-state index in [0.717, 1.165) is 17.2 Å². The largest absolute Gasteiger partial charge is 0.354 e. The van der Waals surface area contributed by atoms with E-state index >= 15 is 0 Å². The van der Waals surface area contributed by atoms with Crippen LogP contribution in [0.25, 0.3) is 5.69 Å². The van der Waals surface area contributed by atoms with Crippen molar-refractivity contribution in [1.82, 2.24) is 24.3 Å². The van der Waals surface area contributed by atoms with Crippen molar-refractivity contribution in [3.8, 4) is 5.69 Å². The highest BCUT2D eigenvalue weighted by Gasteiger charge is 2.17. The summed E-state index contributed by atoms with van der Waals surface area (Å²) in [5.74, 6) is 0.941. The van der Waals surface area contributed by atoms with Gasteiger partial charge in [-0.15, -0.1) is 21.5 Å². The van der Waals surface area contributed by atoms with Crippen molar-refractivity contribution in [2.24, 2.45) is 7.05 Å². The fourth-order valence-corrected chi connectivity index (χ4v) is 4.07. The second-order valence-corrected chi connectivity index (χ2v) is 7.87. The Bertz CT molecular complexity index is 1060. The topological polar surface area (TPSA) is 77.6 Å². The summed E-state index contributed by atoms with van der Waals surface area (Å²) in [4.78, 5) is 16.3. The standard InChI is InChI=1S/C19H18N6OS2/c1-24-10-5-8-15(24)12-16-22-23-19(25(16)14-6-3-2-4-7-14)28-13-17(26)21-18-20-9-11-27-18/h2-11H,12-13H2,1H3,(H,20,21,26). The smallest absolute Gasteiger partial charge is 0.236 e. The minimum absolute atomic E-state index is 0.119. The average molecular weight is 411 g/mol. The Kier molecular flexibility index (Phi) is 5.54. The van der Waals surface area contributed by atoms with Crippen molar-refractivity contribution in [1.29, 1.82) is 0 Å². The number of aryl methyl sites for hydroxylation is 1. The predicted octanol–water partition coefficient (Wildman–Crippen LogP) is 3.38. The summed E-state index contributed by atoms with van der Waals surface area (Å²) >= 11 is 2.75. The fourth-order valence-electron chi connectivity index (χ4n) is 2.76. The number of thioether (sulfide) groups is 1. The van der Waals surface area contributed by atoms with E-state index in [1.54, 1.807) is 6.20 Å². The van der Waals surface area contributed by atoms with Crippen LogP contribution in [-0.2, 0) is 18.3 Å². The Hall–Kier alpha value is -2.91. The molecule has 0 radical (unpaired) electrons. The van der Waals surface area contributed by atoms with Gasteiger partial charge >= 0.3 is 0 Å². The minimum atomic E-state index is -0.119. The number of rotatable bonds is 7. The molecule has 28 heavy (non-hydrogen) atoms. The number of amides is 1. The summed E-state index contributed by atoms with van der Waals surface area (Å²) in [6.07, 6.45) is 4.32. The summed E-state index contributed by atoms with van der Waals surface area (Å²) < 4.78 is 4.08. The van der Waals surface area contributed by atoms with Crippen molar-refractivity contribution in [2.45, 2.75) is 11.6 Å². The van der Waals surface area contributed by atoms with Gasteiger partial charge in [0.1, 0.15) is 5.82 Å². The predicted molar refractivity (Wildman–Crippen MR) is 111 cm³/mol. The van der Waals surface area contributed by atoms with Gasteiger partial charge in [-0.3, -0.25) is 9.36 Å². The normalized spacial score (nSPS) is 10.9. The summed E-state index contributed by atoms with van der Waals surface area (Å²) in [6.45, 7) is 0. The van der Waals surface area contributed by atoms with Gasteiger partial charge in [-0.25, -0.2) is 4.98 Å². The molecule has 3 heterocycles. The number of carbonyl (C=O) groups excluding carboxylic acids is 1. The number of anilines is 1. The molecule has 0 aliphatic rings. The van der Waals surface area contributed by atoms with Crippen LogP contribution in [0.3, 0.4) is 0 Å². The highest BCUT2D eigenvalue weighted by Crippen LogP contribution is 2.24. The molecule has 4 rings (SSSR count). The molecule has 1 aromatic carbocycles. The van der Waals surface area contributed by atoms with Crippen LogP contribution in [-0.4, -0.2) is 36.0 Å². The summed E-state index contributed by atoms with van der Waals surface area (Å²) in [6, 6.07) is 14.0. The number of hydrogen-bond donors (Lipinski definition) is 1. The van der Waals surface area contributed by atoms with Crippen LogP contribution in [0.2, 0.25) is 0 Å². The number of nitrogens with one attached hydrogen (secondary N) is 1. The third-order valence-electron chi connectivity index (χ3n) is 4.12. The van der Waals surface area contributed by atoms with Gasteiger partial charge < -0.3 is 9.88 Å². The van der Waals surface area contributed by atoms with Gasteiger partial charge in [-0.1, -0.05) is 30.0 Å². The average Bonchev–Trinajstić information content (AvgIpc) is 3.44. The van der Waals surface area contributed by atoms with Crippen LogP contribution in [0.4, 0.5) is 5.13 Å². The maximum absolute atomic E-state index is 12.2. The molecular weight excluding hydrogens is 392 g/mol. The maximum Gasteiger partial charge on any atom is 0.236 e. The molecule has 0 atom stereocenters. The van der Waals surface area contributed by atoms with Crippen molar-refractivity contribution < 1.29 is 4.79 Å². The van der Waals surface area contributed by atoms with Crippen LogP contribution in [0, 0.1) is 0 Å². The zero-order valence-corrected chi connectivity index (χ0v) is 16.8. The number of thiazole rings is 1. The Labute approximate surface area is 170 Å². The summed E-state index contributed by atoms with van der Waals surface area (Å²) in [7, 11) is 2.01. The van der Waals surface area contributed by atoms with Gasteiger partial charge in [0, 0.05) is 42.6 Å². The van der Waals surface area contributed by atoms with Crippen molar-refractivity contribution >= 4 is 34.1 Å². The first-order valence-corrected chi connectivity index (χ1v) is 10.5. The van der Waals surface area contributed by atoms with Gasteiger partial charge in [-0.05, 0) is 24.3 Å².